The van der Waals surface area contributed by atoms with Gasteiger partial charge in [-0.25, -0.2) is 14.8 Å². The van der Waals surface area contributed by atoms with Gasteiger partial charge in [-0.15, -0.1) is 0 Å². The Balaban J connectivity index is 1.35. The van der Waals surface area contributed by atoms with Gasteiger partial charge in [-0.1, -0.05) is 48.5 Å². The molecule has 1 aliphatic heterocycles. The van der Waals surface area contributed by atoms with Crippen LogP contribution in [0.25, 0.3) is 11.1 Å². The van der Waals surface area contributed by atoms with Gasteiger partial charge in [0.15, 0.2) is 0 Å². The molecule has 0 saturated carbocycles. The van der Waals surface area contributed by atoms with Crippen LogP contribution in [0.5, 0.6) is 0 Å². The molecule has 1 aliphatic carbocycles. The molecule has 1 aromatic heterocycles. The summed E-state index contributed by atoms with van der Waals surface area (Å²) >= 11 is 0. The number of ether oxygens (including phenoxy) is 1. The minimum atomic E-state index is -1.82. The number of hydrogen-bond acceptors (Lipinski definition) is 6. The van der Waals surface area contributed by atoms with E-state index < -0.39 is 11.6 Å². The minimum Gasteiger partial charge on any atom is -0.462 e. The molecule has 1 atom stereocenters. The maximum absolute atomic E-state index is 13.4. The second-order valence-corrected chi connectivity index (χ2v) is 8.97. The third kappa shape index (κ3) is 4.16. The van der Waals surface area contributed by atoms with Crippen molar-refractivity contribution >= 4 is 5.97 Å². The fourth-order valence-corrected chi connectivity index (χ4v) is 5.13. The Morgan fingerprint density at radius 3 is 2.24 bits per heavy atom. The molecule has 5 rings (SSSR count). The highest BCUT2D eigenvalue weighted by Crippen LogP contribution is 2.48. The van der Waals surface area contributed by atoms with Crippen molar-refractivity contribution in [3.63, 3.8) is 0 Å². The normalized spacial score (nSPS) is 17.7. The van der Waals surface area contributed by atoms with Crippen molar-refractivity contribution in [2.45, 2.75) is 37.2 Å². The van der Waals surface area contributed by atoms with Crippen molar-refractivity contribution in [3.8, 4) is 11.1 Å². The highest BCUT2D eigenvalue weighted by atomic mass is 16.5. The van der Waals surface area contributed by atoms with E-state index in [2.05, 4.69) is 15.3 Å². The maximum Gasteiger partial charge on any atom is 0.347 e. The standard InChI is InChI=1S/C27H29N3O3/c31-26(27(32)23-8-3-1-6-21(23)22-7-2-4-9-24(22)27)33-18-20(25-29-14-5-15-30-25)11-10-19-12-16-28-17-13-19/h1-9,14-15,19-20,28,32H,10-13,16-18H2. The lowest BCUT2D eigenvalue weighted by molar-refractivity contribution is -0.162. The fourth-order valence-electron chi connectivity index (χ4n) is 5.13. The number of esters is 1. The number of nitrogens with one attached hydrogen (secondary N) is 1. The summed E-state index contributed by atoms with van der Waals surface area (Å²) in [6.07, 6.45) is 7.65. The summed E-state index contributed by atoms with van der Waals surface area (Å²) < 4.78 is 5.82. The van der Waals surface area contributed by atoms with E-state index in [1.165, 1.54) is 0 Å². The van der Waals surface area contributed by atoms with Gasteiger partial charge in [-0.2, -0.15) is 0 Å². The zero-order valence-corrected chi connectivity index (χ0v) is 18.6. The number of rotatable bonds is 7. The van der Waals surface area contributed by atoms with Crippen molar-refractivity contribution in [1.82, 2.24) is 15.3 Å². The van der Waals surface area contributed by atoms with Crippen molar-refractivity contribution in [1.29, 1.82) is 0 Å². The Kier molecular flexibility index (Phi) is 6.20. The van der Waals surface area contributed by atoms with E-state index >= 15 is 0 Å². The molecule has 2 N–H and O–H groups in total. The van der Waals surface area contributed by atoms with Crippen molar-refractivity contribution in [2.24, 2.45) is 5.92 Å². The molecule has 1 unspecified atom stereocenters. The monoisotopic (exact) mass is 443 g/mol. The molecule has 1 saturated heterocycles. The molecule has 2 aromatic carbocycles. The first-order valence-electron chi connectivity index (χ1n) is 11.7. The predicted molar refractivity (Wildman–Crippen MR) is 125 cm³/mol. The van der Waals surface area contributed by atoms with Gasteiger partial charge in [0.1, 0.15) is 12.4 Å². The van der Waals surface area contributed by atoms with Crippen molar-refractivity contribution in [2.75, 3.05) is 19.7 Å². The van der Waals surface area contributed by atoms with E-state index in [0.29, 0.717) is 22.9 Å². The lowest BCUT2D eigenvalue weighted by Gasteiger charge is -2.26. The summed E-state index contributed by atoms with van der Waals surface area (Å²) in [6.45, 7) is 2.25. The molecular weight excluding hydrogens is 414 g/mol. The number of carbonyl (C=O) groups is 1. The van der Waals surface area contributed by atoms with Crippen LogP contribution in [0.2, 0.25) is 0 Å². The second-order valence-electron chi connectivity index (χ2n) is 8.97. The number of fused-ring (bicyclic) bond motifs is 3. The first-order valence-corrected chi connectivity index (χ1v) is 11.7. The molecular formula is C27H29N3O3. The number of piperidine rings is 1. The number of carbonyl (C=O) groups excluding carboxylic acids is 1. The van der Waals surface area contributed by atoms with E-state index in [9.17, 15) is 9.90 Å². The van der Waals surface area contributed by atoms with Crippen molar-refractivity contribution in [3.05, 3.63) is 83.9 Å². The highest BCUT2D eigenvalue weighted by molar-refractivity contribution is 5.96. The zero-order valence-electron chi connectivity index (χ0n) is 18.6. The average Bonchev–Trinajstić information content (AvgIpc) is 3.15. The van der Waals surface area contributed by atoms with Gasteiger partial charge in [0.05, 0.1) is 5.92 Å². The summed E-state index contributed by atoms with van der Waals surface area (Å²) in [7, 11) is 0. The molecule has 6 nitrogen and oxygen atoms in total. The number of benzene rings is 2. The number of nitrogens with zero attached hydrogens (tertiary/aromatic N) is 2. The Labute approximate surface area is 194 Å². The molecule has 3 aromatic rings. The molecule has 0 radical (unpaired) electrons. The third-order valence-electron chi connectivity index (χ3n) is 6.97. The van der Waals surface area contributed by atoms with Crippen LogP contribution < -0.4 is 5.32 Å². The molecule has 170 valence electrons. The first kappa shape index (κ1) is 21.7. The summed E-state index contributed by atoms with van der Waals surface area (Å²) in [6, 6.07) is 16.7. The lowest BCUT2D eigenvalue weighted by atomic mass is 9.89. The molecule has 0 spiro atoms. The van der Waals surface area contributed by atoms with E-state index in [1.54, 1.807) is 30.6 Å². The molecule has 6 heteroatoms. The average molecular weight is 444 g/mol. The van der Waals surface area contributed by atoms with Gasteiger partial charge in [0.2, 0.25) is 5.60 Å². The summed E-state index contributed by atoms with van der Waals surface area (Å²) in [5, 5.41) is 15.1. The Morgan fingerprint density at radius 1 is 1.00 bits per heavy atom. The van der Waals surface area contributed by atoms with E-state index in [1.807, 2.05) is 36.4 Å². The molecule has 0 bridgehead atoms. The van der Waals surface area contributed by atoms with Gasteiger partial charge in [0, 0.05) is 23.5 Å². The quantitative estimate of drug-likeness (QED) is 0.541. The maximum atomic E-state index is 13.4. The number of hydrogen-bond donors (Lipinski definition) is 2. The van der Waals surface area contributed by atoms with Crippen molar-refractivity contribution < 1.29 is 14.6 Å². The zero-order chi connectivity index (χ0) is 22.7. The van der Waals surface area contributed by atoms with Gasteiger partial charge in [0.25, 0.3) is 0 Å². The van der Waals surface area contributed by atoms with Crippen LogP contribution in [-0.4, -0.2) is 40.7 Å². The Morgan fingerprint density at radius 2 is 1.61 bits per heavy atom. The van der Waals surface area contributed by atoms with Crippen LogP contribution in [0.1, 0.15) is 48.6 Å². The first-order chi connectivity index (χ1) is 16.2. The van der Waals surface area contributed by atoms with E-state index in [-0.39, 0.29) is 12.5 Å². The second kappa shape index (κ2) is 9.41. The van der Waals surface area contributed by atoms with Crippen LogP contribution in [-0.2, 0) is 15.1 Å². The van der Waals surface area contributed by atoms with Gasteiger partial charge in [-0.05, 0) is 61.9 Å². The summed E-state index contributed by atoms with van der Waals surface area (Å²) in [4.78, 5) is 22.3. The van der Waals surface area contributed by atoms with Crippen LogP contribution >= 0.6 is 0 Å². The van der Waals surface area contributed by atoms with Crippen LogP contribution in [0.15, 0.2) is 67.0 Å². The highest BCUT2D eigenvalue weighted by Gasteiger charge is 2.49. The number of aromatic nitrogens is 2. The SMILES string of the molecule is O=C(OCC(CCC1CCNCC1)c1ncccn1)C1(O)c2ccccc2-c2ccccc21. The number of aliphatic hydroxyl groups is 1. The van der Waals surface area contributed by atoms with Gasteiger partial charge < -0.3 is 15.2 Å². The van der Waals surface area contributed by atoms with Gasteiger partial charge >= 0.3 is 5.97 Å². The molecule has 2 aliphatic rings. The van der Waals surface area contributed by atoms with E-state index in [4.69, 9.17) is 4.74 Å². The molecule has 33 heavy (non-hydrogen) atoms. The Bertz CT molecular complexity index is 1070. The van der Waals surface area contributed by atoms with Crippen LogP contribution in [0.4, 0.5) is 0 Å². The molecule has 1 fully saturated rings. The smallest absolute Gasteiger partial charge is 0.347 e. The van der Waals surface area contributed by atoms with Crippen LogP contribution in [0, 0.1) is 5.92 Å². The largest absolute Gasteiger partial charge is 0.462 e. The summed E-state index contributed by atoms with van der Waals surface area (Å²) in [5.41, 5.74) is 1.05. The predicted octanol–water partition coefficient (Wildman–Crippen LogP) is 3.80. The van der Waals surface area contributed by atoms with E-state index in [0.717, 1.165) is 49.9 Å². The minimum absolute atomic E-state index is 0.111. The molecule has 2 heterocycles. The van der Waals surface area contributed by atoms with Gasteiger partial charge in [-0.3, -0.25) is 0 Å². The summed E-state index contributed by atoms with van der Waals surface area (Å²) in [5.74, 6) is 0.576. The van der Waals surface area contributed by atoms with Crippen LogP contribution in [0.3, 0.4) is 0 Å². The third-order valence-corrected chi connectivity index (χ3v) is 6.97. The topological polar surface area (TPSA) is 84.3 Å². The molecule has 0 amide bonds. The lowest BCUT2D eigenvalue weighted by Crippen LogP contribution is -2.37. The fraction of sp³-hybridized carbons (Fsp3) is 0.370. The Hall–Kier alpha value is -3.09.